The van der Waals surface area contributed by atoms with Crippen molar-refractivity contribution in [1.82, 2.24) is 9.97 Å². The van der Waals surface area contributed by atoms with Crippen LogP contribution in [0.2, 0.25) is 0 Å². The summed E-state index contributed by atoms with van der Waals surface area (Å²) in [5.74, 6) is 0.510. The van der Waals surface area contributed by atoms with Gasteiger partial charge in [0.15, 0.2) is 0 Å². The van der Waals surface area contributed by atoms with E-state index in [4.69, 9.17) is 5.73 Å². The molecule has 0 aliphatic carbocycles. The van der Waals surface area contributed by atoms with Crippen LogP contribution in [0.3, 0.4) is 0 Å². The quantitative estimate of drug-likeness (QED) is 0.648. The molecule has 1 amide bonds. The first-order valence-corrected chi connectivity index (χ1v) is 4.57. The fraction of sp³-hybridized carbons (Fsp3) is 0.444. The van der Waals surface area contributed by atoms with Gasteiger partial charge >= 0.3 is 0 Å². The molecule has 0 saturated heterocycles. The molecule has 0 bridgehead atoms. The van der Waals surface area contributed by atoms with Gasteiger partial charge in [-0.15, -0.1) is 0 Å². The largest absolute Gasteiger partial charge is 0.370 e. The first kappa shape index (κ1) is 10.4. The molecule has 0 aliphatic heterocycles. The zero-order valence-electron chi connectivity index (χ0n) is 7.94. The zero-order chi connectivity index (χ0) is 10.2. The molecule has 0 spiro atoms. The second-order valence-electron chi connectivity index (χ2n) is 2.94. The number of nitrogens with one attached hydrogen (secondary N) is 1. The molecule has 76 valence electrons. The van der Waals surface area contributed by atoms with Crippen LogP contribution < -0.4 is 11.1 Å². The Labute approximate surface area is 82.7 Å². The lowest BCUT2D eigenvalue weighted by Gasteiger charge is -2.03. The van der Waals surface area contributed by atoms with Crippen LogP contribution in [0.25, 0.3) is 0 Å². The smallest absolute Gasteiger partial charge is 0.217 e. The van der Waals surface area contributed by atoms with Gasteiger partial charge in [-0.25, -0.2) is 4.98 Å². The van der Waals surface area contributed by atoms with Gasteiger partial charge in [-0.2, -0.15) is 0 Å². The predicted octanol–water partition coefficient (Wildman–Crippen LogP) is 0.544. The number of nitrogens with two attached hydrogens (primary N) is 1. The van der Waals surface area contributed by atoms with Crippen molar-refractivity contribution in [3.05, 3.63) is 18.6 Å². The number of anilines is 1. The molecule has 5 heteroatoms. The third kappa shape index (κ3) is 4.39. The summed E-state index contributed by atoms with van der Waals surface area (Å²) in [6.45, 7) is 0.784. The van der Waals surface area contributed by atoms with Crippen molar-refractivity contribution in [2.45, 2.75) is 19.3 Å². The minimum Gasteiger partial charge on any atom is -0.370 e. The Morgan fingerprint density at radius 2 is 2.29 bits per heavy atom. The lowest BCUT2D eigenvalue weighted by atomic mass is 10.2. The molecule has 0 radical (unpaired) electrons. The van der Waals surface area contributed by atoms with E-state index in [0.29, 0.717) is 6.42 Å². The molecule has 1 heterocycles. The molecule has 0 saturated carbocycles. The van der Waals surface area contributed by atoms with E-state index in [1.165, 1.54) is 0 Å². The van der Waals surface area contributed by atoms with Crippen LogP contribution in [0.15, 0.2) is 18.6 Å². The standard InChI is InChI=1S/C9H14N4O/c10-8(14)3-1-2-4-12-9-7-11-5-6-13-9/h5-7H,1-4H2,(H2,10,14)(H,12,13). The molecule has 1 aromatic heterocycles. The van der Waals surface area contributed by atoms with Gasteiger partial charge in [-0.05, 0) is 12.8 Å². The third-order valence-corrected chi connectivity index (χ3v) is 1.72. The van der Waals surface area contributed by atoms with Crippen molar-refractivity contribution >= 4 is 11.7 Å². The van der Waals surface area contributed by atoms with Crippen molar-refractivity contribution in [1.29, 1.82) is 0 Å². The van der Waals surface area contributed by atoms with Crippen LogP contribution >= 0.6 is 0 Å². The van der Waals surface area contributed by atoms with E-state index in [1.54, 1.807) is 18.6 Å². The molecular formula is C9H14N4O. The molecule has 1 rings (SSSR count). The van der Waals surface area contributed by atoms with Gasteiger partial charge in [0.05, 0.1) is 6.20 Å². The fourth-order valence-electron chi connectivity index (χ4n) is 1.03. The number of nitrogens with zero attached hydrogens (tertiary/aromatic N) is 2. The van der Waals surface area contributed by atoms with Crippen molar-refractivity contribution in [3.63, 3.8) is 0 Å². The van der Waals surface area contributed by atoms with E-state index < -0.39 is 0 Å². The highest BCUT2D eigenvalue weighted by Gasteiger charge is 1.95. The van der Waals surface area contributed by atoms with Crippen LogP contribution in [0.5, 0.6) is 0 Å². The molecule has 0 aromatic carbocycles. The Hall–Kier alpha value is -1.65. The average molecular weight is 194 g/mol. The van der Waals surface area contributed by atoms with Crippen LogP contribution in [0, 0.1) is 0 Å². The summed E-state index contributed by atoms with van der Waals surface area (Å²) in [5.41, 5.74) is 5.00. The summed E-state index contributed by atoms with van der Waals surface area (Å²) in [6, 6.07) is 0. The average Bonchev–Trinajstić information content (AvgIpc) is 2.18. The number of hydrogen-bond donors (Lipinski definition) is 2. The number of carbonyl (C=O) groups excluding carboxylic acids is 1. The second-order valence-corrected chi connectivity index (χ2v) is 2.94. The highest BCUT2D eigenvalue weighted by molar-refractivity contribution is 5.73. The number of amides is 1. The van der Waals surface area contributed by atoms with Crippen LogP contribution in [0.1, 0.15) is 19.3 Å². The van der Waals surface area contributed by atoms with Gasteiger partial charge in [0.2, 0.25) is 5.91 Å². The van der Waals surface area contributed by atoms with E-state index >= 15 is 0 Å². The first-order chi connectivity index (χ1) is 6.79. The molecule has 0 fully saturated rings. The van der Waals surface area contributed by atoms with E-state index in [1.807, 2.05) is 0 Å². The summed E-state index contributed by atoms with van der Waals surface area (Å²) in [5, 5.41) is 3.09. The maximum absolute atomic E-state index is 10.4. The molecule has 0 atom stereocenters. The zero-order valence-corrected chi connectivity index (χ0v) is 7.94. The topological polar surface area (TPSA) is 80.9 Å². The predicted molar refractivity (Wildman–Crippen MR) is 53.6 cm³/mol. The Bertz CT molecular complexity index is 275. The molecule has 5 nitrogen and oxygen atoms in total. The lowest BCUT2D eigenvalue weighted by Crippen LogP contribution is -2.11. The molecule has 0 unspecified atom stereocenters. The molecule has 3 N–H and O–H groups in total. The summed E-state index contributed by atoms with van der Waals surface area (Å²) in [6.07, 6.45) is 7.07. The molecule has 0 aliphatic rings. The number of hydrogen-bond acceptors (Lipinski definition) is 4. The summed E-state index contributed by atoms with van der Waals surface area (Å²) in [7, 11) is 0. The number of aromatic nitrogens is 2. The fourth-order valence-corrected chi connectivity index (χ4v) is 1.03. The van der Waals surface area contributed by atoms with Gasteiger partial charge < -0.3 is 11.1 Å². The van der Waals surface area contributed by atoms with Crippen LogP contribution in [-0.2, 0) is 4.79 Å². The van der Waals surface area contributed by atoms with Crippen molar-refractivity contribution in [3.8, 4) is 0 Å². The van der Waals surface area contributed by atoms with Crippen LogP contribution in [0.4, 0.5) is 5.82 Å². The Morgan fingerprint density at radius 1 is 1.43 bits per heavy atom. The summed E-state index contributed by atoms with van der Waals surface area (Å²) in [4.78, 5) is 18.4. The number of primary amides is 1. The maximum atomic E-state index is 10.4. The molecule has 1 aromatic rings. The highest BCUT2D eigenvalue weighted by Crippen LogP contribution is 1.99. The highest BCUT2D eigenvalue weighted by atomic mass is 16.1. The van der Waals surface area contributed by atoms with Gasteiger partial charge in [0, 0.05) is 25.4 Å². The van der Waals surface area contributed by atoms with E-state index in [-0.39, 0.29) is 5.91 Å². The van der Waals surface area contributed by atoms with Gasteiger partial charge in [-0.1, -0.05) is 0 Å². The number of unbranched alkanes of at least 4 members (excludes halogenated alkanes) is 1. The summed E-state index contributed by atoms with van der Waals surface area (Å²) < 4.78 is 0. The Balaban J connectivity index is 2.08. The van der Waals surface area contributed by atoms with Gasteiger partial charge in [-0.3, -0.25) is 9.78 Å². The van der Waals surface area contributed by atoms with Crippen molar-refractivity contribution in [2.75, 3.05) is 11.9 Å². The number of carbonyl (C=O) groups is 1. The third-order valence-electron chi connectivity index (χ3n) is 1.72. The minimum absolute atomic E-state index is 0.246. The van der Waals surface area contributed by atoms with Crippen molar-refractivity contribution in [2.24, 2.45) is 5.73 Å². The minimum atomic E-state index is -0.246. The second kappa shape index (κ2) is 5.90. The monoisotopic (exact) mass is 194 g/mol. The summed E-state index contributed by atoms with van der Waals surface area (Å²) >= 11 is 0. The number of rotatable bonds is 6. The van der Waals surface area contributed by atoms with E-state index in [2.05, 4.69) is 15.3 Å². The van der Waals surface area contributed by atoms with Crippen molar-refractivity contribution < 1.29 is 4.79 Å². The molecule has 14 heavy (non-hydrogen) atoms. The van der Waals surface area contributed by atoms with E-state index in [0.717, 1.165) is 25.2 Å². The Kier molecular flexibility index (Phi) is 4.40. The first-order valence-electron chi connectivity index (χ1n) is 4.57. The SMILES string of the molecule is NC(=O)CCCCNc1cnccn1. The molecular weight excluding hydrogens is 180 g/mol. The van der Waals surface area contributed by atoms with Gasteiger partial charge in [0.1, 0.15) is 5.82 Å². The maximum Gasteiger partial charge on any atom is 0.217 e. The normalized spacial score (nSPS) is 9.71. The van der Waals surface area contributed by atoms with Gasteiger partial charge in [0.25, 0.3) is 0 Å². The lowest BCUT2D eigenvalue weighted by molar-refractivity contribution is -0.118. The van der Waals surface area contributed by atoms with E-state index in [9.17, 15) is 4.79 Å². The Morgan fingerprint density at radius 3 is 2.93 bits per heavy atom. The van der Waals surface area contributed by atoms with Crippen LogP contribution in [-0.4, -0.2) is 22.4 Å².